The molecule has 2 N–H and O–H groups in total. The number of aliphatic hydroxyl groups excluding tert-OH is 1. The molecule has 4 aromatic rings. The summed E-state index contributed by atoms with van der Waals surface area (Å²) in [6.07, 6.45) is 3.92. The Kier molecular flexibility index (Phi) is 6.35. The quantitative estimate of drug-likeness (QED) is 0.368. The van der Waals surface area contributed by atoms with E-state index in [1.165, 1.54) is 12.1 Å². The van der Waals surface area contributed by atoms with Crippen LogP contribution in [0.15, 0.2) is 65.7 Å². The minimum Gasteiger partial charge on any atom is -0.394 e. The Morgan fingerprint density at radius 3 is 2.58 bits per heavy atom. The smallest absolute Gasteiger partial charge is 0.241 e. The average molecular weight is 521 g/mol. The number of sulfonamides is 1. The Morgan fingerprint density at radius 1 is 1.14 bits per heavy atom. The highest BCUT2D eigenvalue weighted by Crippen LogP contribution is 2.41. The fraction of sp³-hybridized carbons (Fsp3) is 0.259. The minimum absolute atomic E-state index is 0.0786. The maximum Gasteiger partial charge on any atom is 0.241 e. The molecular formula is C27H25ClN4O3S. The summed E-state index contributed by atoms with van der Waals surface area (Å²) in [4.78, 5) is 4.93. The van der Waals surface area contributed by atoms with Crippen molar-refractivity contribution in [3.63, 3.8) is 0 Å². The molecule has 2 aromatic carbocycles. The van der Waals surface area contributed by atoms with Crippen molar-refractivity contribution in [2.45, 2.75) is 43.0 Å². The summed E-state index contributed by atoms with van der Waals surface area (Å²) in [5, 5.41) is 14.6. The zero-order chi connectivity index (χ0) is 25.5. The first-order valence-corrected chi connectivity index (χ1v) is 13.4. The molecule has 0 amide bonds. The Hall–Kier alpha value is -3.22. The van der Waals surface area contributed by atoms with Gasteiger partial charge in [-0.1, -0.05) is 41.6 Å². The summed E-state index contributed by atoms with van der Waals surface area (Å²) >= 11 is 6.07. The van der Waals surface area contributed by atoms with Crippen molar-refractivity contribution < 1.29 is 13.5 Å². The monoisotopic (exact) mass is 520 g/mol. The molecule has 36 heavy (non-hydrogen) atoms. The second kappa shape index (κ2) is 9.34. The fourth-order valence-corrected chi connectivity index (χ4v) is 5.42. The molecular weight excluding hydrogens is 496 g/mol. The predicted molar refractivity (Wildman–Crippen MR) is 139 cm³/mol. The maximum absolute atomic E-state index is 12.8. The van der Waals surface area contributed by atoms with Crippen molar-refractivity contribution in [1.29, 1.82) is 0 Å². The van der Waals surface area contributed by atoms with Crippen LogP contribution in [0.2, 0.25) is 5.02 Å². The molecule has 0 atom stereocenters. The molecule has 0 saturated heterocycles. The van der Waals surface area contributed by atoms with Gasteiger partial charge in [0.05, 0.1) is 34.5 Å². The lowest BCUT2D eigenvalue weighted by Crippen LogP contribution is -2.46. The number of nitrogens with one attached hydrogen (secondary N) is 1. The minimum atomic E-state index is -3.82. The Morgan fingerprint density at radius 2 is 1.89 bits per heavy atom. The molecule has 0 radical (unpaired) electrons. The molecule has 2 heterocycles. The number of halogens is 1. The number of rotatable bonds is 6. The van der Waals surface area contributed by atoms with Crippen LogP contribution in [0, 0.1) is 11.8 Å². The lowest BCUT2D eigenvalue weighted by atomic mass is 10.1. The third-order valence-electron chi connectivity index (χ3n) is 5.93. The highest BCUT2D eigenvalue weighted by molar-refractivity contribution is 7.89. The van der Waals surface area contributed by atoms with Crippen LogP contribution in [-0.4, -0.2) is 40.3 Å². The molecule has 5 rings (SSSR count). The second-order valence-electron chi connectivity index (χ2n) is 9.57. The summed E-state index contributed by atoms with van der Waals surface area (Å²) in [6, 6.07) is 16.0. The molecule has 1 aliphatic carbocycles. The maximum atomic E-state index is 12.8. The van der Waals surface area contributed by atoms with Gasteiger partial charge in [-0.2, -0.15) is 5.10 Å². The van der Waals surface area contributed by atoms with Crippen LogP contribution in [0.4, 0.5) is 0 Å². The Labute approximate surface area is 215 Å². The molecule has 9 heteroatoms. The van der Waals surface area contributed by atoms with Gasteiger partial charge >= 0.3 is 0 Å². The van der Waals surface area contributed by atoms with E-state index in [1.807, 2.05) is 28.8 Å². The topological polar surface area (TPSA) is 96.6 Å². The second-order valence-corrected chi connectivity index (χ2v) is 11.7. The summed E-state index contributed by atoms with van der Waals surface area (Å²) in [6.45, 7) is 2.90. The van der Waals surface area contributed by atoms with Gasteiger partial charge in [0.15, 0.2) is 5.65 Å². The number of benzene rings is 2. The van der Waals surface area contributed by atoms with Gasteiger partial charge in [-0.25, -0.2) is 22.6 Å². The van der Waals surface area contributed by atoms with Crippen LogP contribution in [-0.2, 0) is 10.0 Å². The van der Waals surface area contributed by atoms with E-state index >= 15 is 0 Å². The van der Waals surface area contributed by atoms with Crippen LogP contribution in [0.1, 0.15) is 49.4 Å². The molecule has 1 saturated carbocycles. The first-order valence-electron chi connectivity index (χ1n) is 11.6. The molecule has 0 spiro atoms. The number of fused-ring (bicyclic) bond motifs is 1. The van der Waals surface area contributed by atoms with E-state index in [4.69, 9.17) is 16.6 Å². The van der Waals surface area contributed by atoms with Gasteiger partial charge < -0.3 is 5.11 Å². The highest BCUT2D eigenvalue weighted by Gasteiger charge is 2.28. The molecule has 1 fully saturated rings. The molecule has 2 aromatic heterocycles. The third-order valence-corrected chi connectivity index (χ3v) is 7.87. The van der Waals surface area contributed by atoms with Gasteiger partial charge in [-0.05, 0) is 63.1 Å². The van der Waals surface area contributed by atoms with Gasteiger partial charge in [0.25, 0.3) is 0 Å². The summed E-state index contributed by atoms with van der Waals surface area (Å²) in [7, 11) is -3.82. The number of aliphatic hydroxyl groups is 1. The lowest BCUT2D eigenvalue weighted by molar-refractivity contribution is 0.208. The van der Waals surface area contributed by atoms with E-state index < -0.39 is 15.6 Å². The van der Waals surface area contributed by atoms with Gasteiger partial charge in [-0.3, -0.25) is 0 Å². The van der Waals surface area contributed by atoms with Crippen molar-refractivity contribution in [2.75, 3.05) is 6.61 Å². The normalized spacial score (nSPS) is 14.0. The first-order chi connectivity index (χ1) is 17.1. The number of hydrogen-bond donors (Lipinski definition) is 2. The van der Waals surface area contributed by atoms with Gasteiger partial charge in [0, 0.05) is 27.8 Å². The van der Waals surface area contributed by atoms with E-state index in [0.717, 1.165) is 29.8 Å². The van der Waals surface area contributed by atoms with Crippen molar-refractivity contribution in [1.82, 2.24) is 19.3 Å². The van der Waals surface area contributed by atoms with Crippen molar-refractivity contribution >= 4 is 27.3 Å². The van der Waals surface area contributed by atoms with Crippen LogP contribution in [0.3, 0.4) is 0 Å². The number of hydrogen-bond acceptors (Lipinski definition) is 5. The standard InChI is InChI=1S/C27H25ClN4O3S/c1-27(2,17-33)31-36(34,35)23-5-3-4-18(14-23)6-7-21-16-29-32-25(20-8-9-20)15-24(30-26(21)32)19-10-12-22(28)13-11-19/h3-5,10-16,20,31,33H,8-9,17H2,1-2H3. The van der Waals surface area contributed by atoms with Crippen LogP contribution >= 0.6 is 11.6 Å². The van der Waals surface area contributed by atoms with Crippen LogP contribution in [0.5, 0.6) is 0 Å². The van der Waals surface area contributed by atoms with Crippen LogP contribution < -0.4 is 4.72 Å². The summed E-state index contributed by atoms with van der Waals surface area (Å²) < 4.78 is 29.9. The molecule has 0 unspecified atom stereocenters. The molecule has 7 nitrogen and oxygen atoms in total. The van der Waals surface area contributed by atoms with E-state index in [-0.39, 0.29) is 11.5 Å². The van der Waals surface area contributed by atoms with E-state index in [0.29, 0.717) is 27.7 Å². The van der Waals surface area contributed by atoms with Gasteiger partial charge in [0.1, 0.15) is 0 Å². The average Bonchev–Trinajstić information content (AvgIpc) is 3.62. The third kappa shape index (κ3) is 5.15. The number of nitrogens with zero attached hydrogens (tertiary/aromatic N) is 3. The molecule has 0 aliphatic heterocycles. The fourth-order valence-electron chi connectivity index (χ4n) is 3.85. The SMILES string of the molecule is CC(C)(CO)NS(=O)(=O)c1cccc(C#Cc2cnn3c(C4CC4)cc(-c4ccc(Cl)cc4)nc23)c1. The van der Waals surface area contributed by atoms with Gasteiger partial charge in [0.2, 0.25) is 10.0 Å². The molecule has 184 valence electrons. The van der Waals surface area contributed by atoms with Crippen molar-refractivity contribution in [3.05, 3.63) is 82.6 Å². The summed E-state index contributed by atoms with van der Waals surface area (Å²) in [5.74, 6) is 6.63. The first kappa shape index (κ1) is 24.5. The van der Waals surface area contributed by atoms with E-state index in [2.05, 4.69) is 27.7 Å². The molecule has 1 aliphatic rings. The largest absolute Gasteiger partial charge is 0.394 e. The van der Waals surface area contributed by atoms with Crippen LogP contribution in [0.25, 0.3) is 16.9 Å². The zero-order valence-corrected chi connectivity index (χ0v) is 21.4. The van der Waals surface area contributed by atoms with E-state index in [9.17, 15) is 13.5 Å². The van der Waals surface area contributed by atoms with Crippen molar-refractivity contribution in [2.24, 2.45) is 0 Å². The highest BCUT2D eigenvalue weighted by atomic mass is 35.5. The zero-order valence-electron chi connectivity index (χ0n) is 19.9. The Bertz CT molecular complexity index is 1610. The summed E-state index contributed by atoms with van der Waals surface area (Å²) in [5.41, 5.74) is 3.76. The van der Waals surface area contributed by atoms with Crippen molar-refractivity contribution in [3.8, 4) is 23.1 Å². The molecule has 0 bridgehead atoms. The predicted octanol–water partition coefficient (Wildman–Crippen LogP) is 4.38. The number of aromatic nitrogens is 3. The lowest BCUT2D eigenvalue weighted by Gasteiger charge is -2.23. The van der Waals surface area contributed by atoms with E-state index in [1.54, 1.807) is 32.2 Å². The van der Waals surface area contributed by atoms with Gasteiger partial charge in [-0.15, -0.1) is 0 Å². The Balaban J connectivity index is 1.52.